The number of carboxylic acid groups (broad SMARTS) is 2. The first kappa shape index (κ1) is 9.98. The second-order valence-corrected chi connectivity index (χ2v) is 3.46. The second-order valence-electron chi connectivity index (χ2n) is 3.46. The van der Waals surface area contributed by atoms with Crippen molar-refractivity contribution in [3.63, 3.8) is 0 Å². The fourth-order valence-electron chi connectivity index (χ4n) is 1.95. The summed E-state index contributed by atoms with van der Waals surface area (Å²) in [5.74, 6) is -2.91. The van der Waals surface area contributed by atoms with E-state index in [0.29, 0.717) is 12.8 Å². The van der Waals surface area contributed by atoms with Crippen molar-refractivity contribution in [2.45, 2.75) is 25.3 Å². The summed E-state index contributed by atoms with van der Waals surface area (Å²) in [6.07, 6.45) is 1.12. The Morgan fingerprint density at radius 1 is 1.31 bits per heavy atom. The number of hydrogen-bond acceptors (Lipinski definition) is 3. The van der Waals surface area contributed by atoms with Gasteiger partial charge in [0.05, 0.1) is 5.92 Å². The zero-order valence-electron chi connectivity index (χ0n) is 7.14. The van der Waals surface area contributed by atoms with Gasteiger partial charge >= 0.3 is 11.9 Å². The molecule has 1 aliphatic rings. The van der Waals surface area contributed by atoms with Crippen LogP contribution in [0.4, 0.5) is 0 Å². The summed E-state index contributed by atoms with van der Waals surface area (Å²) >= 11 is 0. The Kier molecular flexibility index (Phi) is 2.87. The molecule has 1 rings (SSSR count). The largest absolute Gasteiger partial charge is 0.481 e. The van der Waals surface area contributed by atoms with Crippen LogP contribution in [0.15, 0.2) is 0 Å². The van der Waals surface area contributed by atoms with Crippen LogP contribution in [0, 0.1) is 11.8 Å². The van der Waals surface area contributed by atoms with E-state index in [4.69, 9.17) is 15.9 Å². The maximum Gasteiger partial charge on any atom is 0.308 e. The molecule has 0 aromatic heterocycles. The highest BCUT2D eigenvalue weighted by Gasteiger charge is 2.39. The Morgan fingerprint density at radius 2 is 1.92 bits per heavy atom. The first-order chi connectivity index (χ1) is 6.02. The predicted octanol–water partition coefficient (Wildman–Crippen LogP) is -0.101. The van der Waals surface area contributed by atoms with Gasteiger partial charge in [-0.3, -0.25) is 9.59 Å². The average Bonchev–Trinajstić information content (AvgIpc) is 2.30. The highest BCUT2D eigenvalue weighted by molar-refractivity contribution is 5.74. The lowest BCUT2D eigenvalue weighted by Gasteiger charge is -2.16. The number of nitrogens with two attached hydrogens (primary N) is 1. The van der Waals surface area contributed by atoms with Crippen LogP contribution in [0.3, 0.4) is 0 Å². The van der Waals surface area contributed by atoms with E-state index in [1.54, 1.807) is 0 Å². The van der Waals surface area contributed by atoms with E-state index in [9.17, 15) is 9.59 Å². The van der Waals surface area contributed by atoms with Crippen molar-refractivity contribution < 1.29 is 19.8 Å². The Morgan fingerprint density at radius 3 is 2.38 bits per heavy atom. The second kappa shape index (κ2) is 3.74. The number of carbonyl (C=O) groups is 2. The Hall–Kier alpha value is -1.10. The van der Waals surface area contributed by atoms with Gasteiger partial charge in [-0.1, -0.05) is 0 Å². The lowest BCUT2D eigenvalue weighted by atomic mass is 9.91. The fraction of sp³-hybridized carbons (Fsp3) is 0.750. The lowest BCUT2D eigenvalue weighted by molar-refractivity contribution is -0.144. The van der Waals surface area contributed by atoms with E-state index in [1.807, 2.05) is 0 Å². The molecule has 0 radical (unpaired) electrons. The van der Waals surface area contributed by atoms with Crippen LogP contribution >= 0.6 is 0 Å². The van der Waals surface area contributed by atoms with Crippen molar-refractivity contribution in [3.8, 4) is 0 Å². The van der Waals surface area contributed by atoms with Gasteiger partial charge in [-0.25, -0.2) is 0 Å². The van der Waals surface area contributed by atoms with Crippen molar-refractivity contribution in [1.82, 2.24) is 0 Å². The van der Waals surface area contributed by atoms with Gasteiger partial charge < -0.3 is 15.9 Å². The maximum atomic E-state index is 10.7. The molecule has 5 nitrogen and oxygen atoms in total. The van der Waals surface area contributed by atoms with Gasteiger partial charge in [-0.15, -0.1) is 0 Å². The summed E-state index contributed by atoms with van der Waals surface area (Å²) in [5, 5.41) is 17.3. The first-order valence-corrected chi connectivity index (χ1v) is 4.22. The molecule has 4 N–H and O–H groups in total. The minimum atomic E-state index is -0.976. The Balaban J connectivity index is 2.64. The minimum absolute atomic E-state index is 0.0926. The van der Waals surface area contributed by atoms with Crippen LogP contribution in [0.1, 0.15) is 19.3 Å². The van der Waals surface area contributed by atoms with Crippen molar-refractivity contribution in [2.75, 3.05) is 0 Å². The van der Waals surface area contributed by atoms with Crippen LogP contribution < -0.4 is 5.73 Å². The van der Waals surface area contributed by atoms with E-state index in [0.717, 1.165) is 0 Å². The third kappa shape index (κ3) is 2.18. The standard InChI is InChI=1S/C8H13NO4/c9-5-2-1-4(3-6(10)11)7(5)8(12)13/h4-5,7H,1-3,9H2,(H,10,11)(H,12,13)/t4-,5+,7+/m1/s1. The summed E-state index contributed by atoms with van der Waals surface area (Å²) in [6.45, 7) is 0. The van der Waals surface area contributed by atoms with E-state index in [1.165, 1.54) is 0 Å². The molecule has 0 heterocycles. The Bertz CT molecular complexity index is 228. The summed E-state index contributed by atoms with van der Waals surface area (Å²) in [5.41, 5.74) is 5.57. The molecule has 0 spiro atoms. The molecule has 0 amide bonds. The number of hydrogen-bond donors (Lipinski definition) is 3. The van der Waals surface area contributed by atoms with Gasteiger partial charge in [0.15, 0.2) is 0 Å². The normalized spacial score (nSPS) is 33.2. The van der Waals surface area contributed by atoms with Crippen LogP contribution in [0.2, 0.25) is 0 Å². The predicted molar refractivity (Wildman–Crippen MR) is 44.1 cm³/mol. The molecule has 0 unspecified atom stereocenters. The number of carboxylic acids is 2. The van der Waals surface area contributed by atoms with E-state index in [-0.39, 0.29) is 18.4 Å². The highest BCUT2D eigenvalue weighted by atomic mass is 16.4. The van der Waals surface area contributed by atoms with Crippen molar-refractivity contribution in [2.24, 2.45) is 17.6 Å². The summed E-state index contributed by atoms with van der Waals surface area (Å²) in [4.78, 5) is 21.1. The molecule has 0 saturated heterocycles. The van der Waals surface area contributed by atoms with Gasteiger partial charge in [-0.2, -0.15) is 0 Å². The van der Waals surface area contributed by atoms with Crippen LogP contribution in [0.5, 0.6) is 0 Å². The summed E-state index contributed by atoms with van der Waals surface area (Å²) in [6, 6.07) is -0.387. The fourth-order valence-corrected chi connectivity index (χ4v) is 1.95. The van der Waals surface area contributed by atoms with Crippen molar-refractivity contribution in [1.29, 1.82) is 0 Å². The van der Waals surface area contributed by atoms with Gasteiger partial charge in [0.25, 0.3) is 0 Å². The zero-order valence-corrected chi connectivity index (χ0v) is 7.14. The molecule has 0 bridgehead atoms. The molecule has 1 fully saturated rings. The molecule has 74 valence electrons. The third-order valence-corrected chi connectivity index (χ3v) is 2.56. The van der Waals surface area contributed by atoms with Crippen LogP contribution in [-0.2, 0) is 9.59 Å². The van der Waals surface area contributed by atoms with E-state index < -0.39 is 17.9 Å². The van der Waals surface area contributed by atoms with E-state index in [2.05, 4.69) is 0 Å². The highest BCUT2D eigenvalue weighted by Crippen LogP contribution is 2.33. The molecular formula is C8H13NO4. The molecule has 0 aliphatic heterocycles. The number of aliphatic carboxylic acids is 2. The Labute approximate surface area is 75.5 Å². The van der Waals surface area contributed by atoms with Gasteiger partial charge in [0, 0.05) is 12.5 Å². The molecule has 13 heavy (non-hydrogen) atoms. The number of rotatable bonds is 3. The summed E-state index contributed by atoms with van der Waals surface area (Å²) in [7, 11) is 0. The van der Waals surface area contributed by atoms with Crippen molar-refractivity contribution >= 4 is 11.9 Å². The average molecular weight is 187 g/mol. The zero-order chi connectivity index (χ0) is 10.0. The van der Waals surface area contributed by atoms with Gasteiger partial charge in [0.2, 0.25) is 0 Å². The maximum absolute atomic E-state index is 10.7. The molecule has 0 aromatic rings. The summed E-state index contributed by atoms with van der Waals surface area (Å²) < 4.78 is 0. The molecular weight excluding hydrogens is 174 g/mol. The van der Waals surface area contributed by atoms with Crippen molar-refractivity contribution in [3.05, 3.63) is 0 Å². The van der Waals surface area contributed by atoms with Crippen LogP contribution in [-0.4, -0.2) is 28.2 Å². The third-order valence-electron chi connectivity index (χ3n) is 2.56. The van der Waals surface area contributed by atoms with Crippen LogP contribution in [0.25, 0.3) is 0 Å². The first-order valence-electron chi connectivity index (χ1n) is 4.22. The van der Waals surface area contributed by atoms with E-state index >= 15 is 0 Å². The topological polar surface area (TPSA) is 101 Å². The van der Waals surface area contributed by atoms with Gasteiger partial charge in [0.1, 0.15) is 0 Å². The SMILES string of the molecule is N[C@H]1CC[C@H](CC(=O)O)[C@@H]1C(=O)O. The molecule has 0 aromatic carbocycles. The monoisotopic (exact) mass is 187 g/mol. The van der Waals surface area contributed by atoms with Gasteiger partial charge in [-0.05, 0) is 18.8 Å². The molecule has 1 saturated carbocycles. The minimum Gasteiger partial charge on any atom is -0.481 e. The lowest BCUT2D eigenvalue weighted by Crippen LogP contribution is -2.34. The quantitative estimate of drug-likeness (QED) is 0.572. The molecule has 1 aliphatic carbocycles. The molecule has 3 atom stereocenters. The molecule has 5 heteroatoms. The smallest absolute Gasteiger partial charge is 0.308 e.